The van der Waals surface area contributed by atoms with Gasteiger partial charge in [-0.3, -0.25) is 10.1 Å². The summed E-state index contributed by atoms with van der Waals surface area (Å²) in [4.78, 5) is 22.4. The topological polar surface area (TPSA) is 80.9 Å². The quantitative estimate of drug-likeness (QED) is 0.913. The highest BCUT2D eigenvalue weighted by Gasteiger charge is 2.18. The molecule has 0 radical (unpaired) electrons. The summed E-state index contributed by atoms with van der Waals surface area (Å²) in [6, 6.07) is 3.39. The van der Waals surface area contributed by atoms with E-state index in [-0.39, 0.29) is 11.8 Å². The first-order valence-electron chi connectivity index (χ1n) is 7.10. The number of thiazole rings is 1. The largest absolute Gasteiger partial charge is 0.384 e. The number of nitrogen functional groups attached to an aromatic ring is 1. The van der Waals surface area contributed by atoms with E-state index in [0.29, 0.717) is 16.5 Å². The molecule has 0 aliphatic heterocycles. The van der Waals surface area contributed by atoms with Gasteiger partial charge in [-0.1, -0.05) is 13.8 Å². The highest BCUT2D eigenvalue weighted by Crippen LogP contribution is 2.30. The first-order valence-corrected chi connectivity index (χ1v) is 7.92. The van der Waals surface area contributed by atoms with Crippen LogP contribution in [0.3, 0.4) is 0 Å². The number of pyridine rings is 1. The lowest BCUT2D eigenvalue weighted by molar-refractivity contribution is 0.102. The zero-order valence-corrected chi connectivity index (χ0v) is 13.0. The third kappa shape index (κ3) is 2.90. The Balaban J connectivity index is 1.81. The van der Waals surface area contributed by atoms with E-state index in [0.717, 1.165) is 24.2 Å². The minimum atomic E-state index is -0.182. The van der Waals surface area contributed by atoms with Crippen molar-refractivity contribution in [3.8, 4) is 0 Å². The molecule has 0 unspecified atom stereocenters. The molecule has 0 spiro atoms. The molecule has 21 heavy (non-hydrogen) atoms. The van der Waals surface area contributed by atoms with E-state index in [2.05, 4.69) is 15.3 Å². The summed E-state index contributed by atoms with van der Waals surface area (Å²) < 4.78 is 0. The fourth-order valence-corrected chi connectivity index (χ4v) is 3.46. The van der Waals surface area contributed by atoms with Gasteiger partial charge in [-0.2, -0.15) is 0 Å². The smallest absolute Gasteiger partial charge is 0.257 e. The van der Waals surface area contributed by atoms with Gasteiger partial charge in [0.1, 0.15) is 5.82 Å². The zero-order chi connectivity index (χ0) is 15.0. The van der Waals surface area contributed by atoms with E-state index < -0.39 is 0 Å². The van der Waals surface area contributed by atoms with Crippen LogP contribution in [0.15, 0.2) is 12.1 Å². The maximum atomic E-state index is 12.3. The third-order valence-corrected chi connectivity index (χ3v) is 4.61. The lowest BCUT2D eigenvalue weighted by Crippen LogP contribution is -2.13. The molecule has 3 rings (SSSR count). The fraction of sp³-hybridized carbons (Fsp3) is 0.400. The molecular weight excluding hydrogens is 284 g/mol. The normalized spacial score (nSPS) is 13.5. The molecule has 2 heterocycles. The number of nitrogens with zero attached hydrogens (tertiary/aromatic N) is 2. The molecule has 1 aliphatic carbocycles. The van der Waals surface area contributed by atoms with Gasteiger partial charge in [-0.15, -0.1) is 11.3 Å². The maximum absolute atomic E-state index is 12.3. The van der Waals surface area contributed by atoms with Gasteiger partial charge < -0.3 is 5.73 Å². The highest BCUT2D eigenvalue weighted by atomic mass is 32.1. The van der Waals surface area contributed by atoms with Gasteiger partial charge in [0.05, 0.1) is 5.69 Å². The first kappa shape index (κ1) is 14.0. The third-order valence-electron chi connectivity index (χ3n) is 3.53. The van der Waals surface area contributed by atoms with E-state index in [1.807, 2.05) is 13.8 Å². The first-order chi connectivity index (χ1) is 10.0. The summed E-state index contributed by atoms with van der Waals surface area (Å²) in [6.07, 6.45) is 3.25. The van der Waals surface area contributed by atoms with Crippen LogP contribution in [0.25, 0.3) is 0 Å². The van der Waals surface area contributed by atoms with Gasteiger partial charge in [-0.25, -0.2) is 9.97 Å². The minimum Gasteiger partial charge on any atom is -0.384 e. The number of aryl methyl sites for hydroxylation is 2. The van der Waals surface area contributed by atoms with Crippen molar-refractivity contribution >= 4 is 28.2 Å². The lowest BCUT2D eigenvalue weighted by Gasteiger charge is -2.08. The van der Waals surface area contributed by atoms with Gasteiger partial charge >= 0.3 is 0 Å². The van der Waals surface area contributed by atoms with Crippen molar-refractivity contribution in [3.05, 3.63) is 34.0 Å². The number of aromatic nitrogens is 2. The zero-order valence-electron chi connectivity index (χ0n) is 12.1. The summed E-state index contributed by atoms with van der Waals surface area (Å²) in [5.41, 5.74) is 8.27. The van der Waals surface area contributed by atoms with Crippen LogP contribution in [0.2, 0.25) is 0 Å². The Morgan fingerprint density at radius 2 is 2.14 bits per heavy atom. The molecular formula is C15H18N4OS. The summed E-state index contributed by atoms with van der Waals surface area (Å²) in [5, 5.41) is 3.54. The molecule has 0 aromatic carbocycles. The molecule has 6 heteroatoms. The second-order valence-electron chi connectivity index (χ2n) is 5.56. The Kier molecular flexibility index (Phi) is 3.63. The van der Waals surface area contributed by atoms with Gasteiger partial charge in [0.2, 0.25) is 0 Å². The number of fused-ring (bicyclic) bond motifs is 1. The summed E-state index contributed by atoms with van der Waals surface area (Å²) in [5.74, 6) is 0.412. The van der Waals surface area contributed by atoms with Crippen molar-refractivity contribution in [1.82, 2.24) is 9.97 Å². The SMILES string of the molecule is CC(C)c1cc(C(=O)Nc2nc3c(s2)CCC3)cc(N)n1. The van der Waals surface area contributed by atoms with E-state index >= 15 is 0 Å². The molecule has 2 aromatic rings. The number of carbonyl (C=O) groups excluding carboxylic acids is 1. The van der Waals surface area contributed by atoms with Crippen LogP contribution in [0.4, 0.5) is 10.9 Å². The number of nitrogens with two attached hydrogens (primary N) is 1. The van der Waals surface area contributed by atoms with Crippen molar-refractivity contribution in [1.29, 1.82) is 0 Å². The van der Waals surface area contributed by atoms with Crippen LogP contribution < -0.4 is 11.1 Å². The Morgan fingerprint density at radius 3 is 2.86 bits per heavy atom. The predicted molar refractivity (Wildman–Crippen MR) is 84.8 cm³/mol. The van der Waals surface area contributed by atoms with Crippen LogP contribution in [0.1, 0.15) is 52.8 Å². The van der Waals surface area contributed by atoms with Crippen LogP contribution >= 0.6 is 11.3 Å². The van der Waals surface area contributed by atoms with Crippen LogP contribution in [-0.2, 0) is 12.8 Å². The van der Waals surface area contributed by atoms with Crippen molar-refractivity contribution in [3.63, 3.8) is 0 Å². The Labute approximate surface area is 127 Å². The van der Waals surface area contributed by atoms with E-state index in [1.54, 1.807) is 23.5 Å². The van der Waals surface area contributed by atoms with E-state index in [1.165, 1.54) is 11.3 Å². The highest BCUT2D eigenvalue weighted by molar-refractivity contribution is 7.15. The minimum absolute atomic E-state index is 0.182. The fourth-order valence-electron chi connectivity index (χ4n) is 2.41. The van der Waals surface area contributed by atoms with Gasteiger partial charge in [0, 0.05) is 16.1 Å². The average Bonchev–Trinajstić information content (AvgIpc) is 2.98. The molecule has 3 N–H and O–H groups in total. The Morgan fingerprint density at radius 1 is 1.33 bits per heavy atom. The van der Waals surface area contributed by atoms with Gasteiger partial charge in [-0.05, 0) is 37.3 Å². The lowest BCUT2D eigenvalue weighted by atomic mass is 10.1. The molecule has 110 valence electrons. The van der Waals surface area contributed by atoms with Crippen LogP contribution in [0.5, 0.6) is 0 Å². The number of rotatable bonds is 3. The van der Waals surface area contributed by atoms with Gasteiger partial charge in [0.15, 0.2) is 5.13 Å². The van der Waals surface area contributed by atoms with Gasteiger partial charge in [0.25, 0.3) is 5.91 Å². The summed E-state index contributed by atoms with van der Waals surface area (Å²) in [7, 11) is 0. The maximum Gasteiger partial charge on any atom is 0.257 e. The molecule has 1 aliphatic rings. The number of hydrogen-bond acceptors (Lipinski definition) is 5. The molecule has 5 nitrogen and oxygen atoms in total. The second-order valence-corrected chi connectivity index (χ2v) is 6.64. The summed E-state index contributed by atoms with van der Waals surface area (Å²) >= 11 is 1.57. The number of anilines is 2. The average molecular weight is 302 g/mol. The van der Waals surface area contributed by atoms with Crippen molar-refractivity contribution in [2.24, 2.45) is 0 Å². The number of nitrogens with one attached hydrogen (secondary N) is 1. The van der Waals surface area contributed by atoms with Crippen LogP contribution in [-0.4, -0.2) is 15.9 Å². The second kappa shape index (κ2) is 5.44. The molecule has 2 aromatic heterocycles. The number of hydrogen-bond donors (Lipinski definition) is 2. The predicted octanol–water partition coefficient (Wildman–Crippen LogP) is 2.98. The Hall–Kier alpha value is -1.95. The molecule has 0 fully saturated rings. The van der Waals surface area contributed by atoms with Crippen LogP contribution in [0, 0.1) is 0 Å². The molecule has 0 saturated heterocycles. The molecule has 0 saturated carbocycles. The molecule has 0 bridgehead atoms. The summed E-state index contributed by atoms with van der Waals surface area (Å²) in [6.45, 7) is 4.05. The Bertz CT molecular complexity index is 671. The standard InChI is InChI=1S/C15H18N4OS/c1-8(2)11-6-9(7-13(16)17-11)14(20)19-15-18-10-4-3-5-12(10)21-15/h6-8H,3-5H2,1-2H3,(H2,16,17)(H,18,19,20). The molecule has 0 atom stereocenters. The van der Waals surface area contributed by atoms with Crippen molar-refractivity contribution in [2.45, 2.75) is 39.0 Å². The monoisotopic (exact) mass is 302 g/mol. The number of amides is 1. The number of carbonyl (C=O) groups is 1. The molecule has 1 amide bonds. The van der Waals surface area contributed by atoms with E-state index in [9.17, 15) is 4.79 Å². The van der Waals surface area contributed by atoms with E-state index in [4.69, 9.17) is 5.73 Å². The van der Waals surface area contributed by atoms with Crippen molar-refractivity contribution in [2.75, 3.05) is 11.1 Å². The van der Waals surface area contributed by atoms with Crippen molar-refractivity contribution < 1.29 is 4.79 Å².